The van der Waals surface area contributed by atoms with Crippen LogP contribution in [-0.2, 0) is 9.84 Å². The van der Waals surface area contributed by atoms with E-state index in [2.05, 4.69) is 18.7 Å². The predicted octanol–water partition coefficient (Wildman–Crippen LogP) is 0.870. The molecule has 106 valence electrons. The van der Waals surface area contributed by atoms with E-state index in [9.17, 15) is 8.42 Å². The van der Waals surface area contributed by atoms with Gasteiger partial charge in [-0.2, -0.15) is 0 Å². The number of nitrogens with zero attached hydrogens (tertiary/aromatic N) is 1. The van der Waals surface area contributed by atoms with Crippen LogP contribution in [0.5, 0.6) is 0 Å². The van der Waals surface area contributed by atoms with Crippen LogP contribution in [0.15, 0.2) is 0 Å². The number of rotatable bonds is 2. The van der Waals surface area contributed by atoms with E-state index in [1.54, 1.807) is 0 Å². The van der Waals surface area contributed by atoms with Crippen molar-refractivity contribution in [2.24, 2.45) is 17.1 Å². The summed E-state index contributed by atoms with van der Waals surface area (Å²) in [6.45, 7) is 7.05. The monoisotopic (exact) mass is 274 g/mol. The third-order valence-electron chi connectivity index (χ3n) is 4.71. The third kappa shape index (κ3) is 3.25. The standard InChI is InChI=1S/C13H26N2O2S/c1-13(2)5-4-11(12(13)14)10-15-6-3-8-18(16,17)9-7-15/h11-12H,3-10,14H2,1-2H3. The normalized spacial score (nSPS) is 36.4. The molecule has 1 saturated heterocycles. The van der Waals surface area contributed by atoms with E-state index in [0.717, 1.165) is 19.5 Å². The van der Waals surface area contributed by atoms with E-state index in [4.69, 9.17) is 5.73 Å². The molecule has 0 bridgehead atoms. The van der Waals surface area contributed by atoms with Crippen LogP contribution in [0, 0.1) is 11.3 Å². The summed E-state index contributed by atoms with van der Waals surface area (Å²) in [4.78, 5) is 2.30. The highest BCUT2D eigenvalue weighted by Crippen LogP contribution is 2.40. The van der Waals surface area contributed by atoms with E-state index >= 15 is 0 Å². The highest BCUT2D eigenvalue weighted by atomic mass is 32.2. The fourth-order valence-corrected chi connectivity index (χ4v) is 4.56. The van der Waals surface area contributed by atoms with Gasteiger partial charge in [-0.1, -0.05) is 13.8 Å². The van der Waals surface area contributed by atoms with Gasteiger partial charge in [0.25, 0.3) is 0 Å². The van der Waals surface area contributed by atoms with Crippen LogP contribution in [0.3, 0.4) is 0 Å². The van der Waals surface area contributed by atoms with E-state index in [1.165, 1.54) is 12.8 Å². The molecule has 2 atom stereocenters. The van der Waals surface area contributed by atoms with Gasteiger partial charge in [0.1, 0.15) is 0 Å². The largest absolute Gasteiger partial charge is 0.327 e. The Morgan fingerprint density at radius 2 is 2.00 bits per heavy atom. The first-order valence-corrected chi connectivity index (χ1v) is 8.81. The van der Waals surface area contributed by atoms with E-state index < -0.39 is 9.84 Å². The van der Waals surface area contributed by atoms with Crippen LogP contribution in [0.1, 0.15) is 33.1 Å². The zero-order valence-electron chi connectivity index (χ0n) is 11.6. The van der Waals surface area contributed by atoms with Gasteiger partial charge in [-0.15, -0.1) is 0 Å². The van der Waals surface area contributed by atoms with Crippen molar-refractivity contribution in [3.63, 3.8) is 0 Å². The Kier molecular flexibility index (Phi) is 4.04. The highest BCUT2D eigenvalue weighted by molar-refractivity contribution is 7.91. The topological polar surface area (TPSA) is 63.4 Å². The molecule has 18 heavy (non-hydrogen) atoms. The minimum absolute atomic E-state index is 0.239. The maximum atomic E-state index is 11.6. The van der Waals surface area contributed by atoms with Gasteiger partial charge < -0.3 is 10.6 Å². The lowest BCUT2D eigenvalue weighted by Crippen LogP contribution is -2.42. The molecule has 0 aromatic carbocycles. The van der Waals surface area contributed by atoms with Crippen LogP contribution in [0.2, 0.25) is 0 Å². The molecule has 0 aromatic rings. The van der Waals surface area contributed by atoms with Gasteiger partial charge in [0.15, 0.2) is 9.84 Å². The summed E-state index contributed by atoms with van der Waals surface area (Å²) in [6.07, 6.45) is 3.13. The van der Waals surface area contributed by atoms with Crippen LogP contribution in [-0.4, -0.2) is 50.5 Å². The average molecular weight is 274 g/mol. The Bertz CT molecular complexity index is 392. The minimum Gasteiger partial charge on any atom is -0.327 e. The molecule has 0 amide bonds. The third-order valence-corrected chi connectivity index (χ3v) is 6.43. The van der Waals surface area contributed by atoms with E-state index in [1.807, 2.05) is 0 Å². The number of sulfone groups is 1. The van der Waals surface area contributed by atoms with Crippen molar-refractivity contribution < 1.29 is 8.42 Å². The molecule has 1 aliphatic heterocycles. The Labute approximate surface area is 111 Å². The van der Waals surface area contributed by atoms with Gasteiger partial charge in [0.05, 0.1) is 11.5 Å². The lowest BCUT2D eigenvalue weighted by Gasteiger charge is -2.30. The molecule has 2 rings (SSSR count). The Morgan fingerprint density at radius 3 is 2.61 bits per heavy atom. The summed E-state index contributed by atoms with van der Waals surface area (Å²) in [5, 5.41) is 0. The molecule has 1 saturated carbocycles. The molecule has 5 heteroatoms. The maximum Gasteiger partial charge on any atom is 0.151 e. The summed E-state index contributed by atoms with van der Waals surface area (Å²) in [5.74, 6) is 1.20. The lowest BCUT2D eigenvalue weighted by molar-refractivity contribution is 0.215. The van der Waals surface area contributed by atoms with Crippen molar-refractivity contribution in [2.45, 2.75) is 39.2 Å². The molecule has 2 N–H and O–H groups in total. The highest BCUT2D eigenvalue weighted by Gasteiger charge is 2.40. The van der Waals surface area contributed by atoms with Crippen LogP contribution in [0.25, 0.3) is 0 Å². The smallest absolute Gasteiger partial charge is 0.151 e. The zero-order valence-corrected chi connectivity index (χ0v) is 12.4. The Morgan fingerprint density at radius 1 is 1.28 bits per heavy atom. The van der Waals surface area contributed by atoms with Crippen LogP contribution < -0.4 is 5.73 Å². The van der Waals surface area contributed by atoms with Gasteiger partial charge in [0, 0.05) is 19.1 Å². The Balaban J connectivity index is 1.91. The molecule has 4 nitrogen and oxygen atoms in total. The fourth-order valence-electron chi connectivity index (χ4n) is 3.25. The minimum atomic E-state index is -2.80. The first-order valence-electron chi connectivity index (χ1n) is 6.98. The lowest BCUT2D eigenvalue weighted by atomic mass is 9.85. The van der Waals surface area contributed by atoms with Crippen molar-refractivity contribution in [3.05, 3.63) is 0 Å². The van der Waals surface area contributed by atoms with Gasteiger partial charge in [-0.3, -0.25) is 0 Å². The van der Waals surface area contributed by atoms with Gasteiger partial charge in [0.2, 0.25) is 0 Å². The van der Waals surface area contributed by atoms with Gasteiger partial charge >= 0.3 is 0 Å². The van der Waals surface area contributed by atoms with Crippen molar-refractivity contribution in [3.8, 4) is 0 Å². The van der Waals surface area contributed by atoms with Gasteiger partial charge in [-0.05, 0) is 37.1 Å². The molecule has 2 fully saturated rings. The molecule has 1 aliphatic carbocycles. The SMILES string of the molecule is CC1(C)CCC(CN2CCCS(=O)(=O)CC2)C1N. The maximum absolute atomic E-state index is 11.6. The first-order chi connectivity index (χ1) is 8.30. The second-order valence-electron chi connectivity index (χ2n) is 6.62. The van der Waals surface area contributed by atoms with Crippen molar-refractivity contribution in [2.75, 3.05) is 31.1 Å². The molecule has 0 aromatic heterocycles. The Hall–Kier alpha value is -0.130. The van der Waals surface area contributed by atoms with E-state index in [0.29, 0.717) is 24.0 Å². The quantitative estimate of drug-likeness (QED) is 0.811. The molecule has 0 spiro atoms. The first kappa shape index (κ1) is 14.3. The summed E-state index contributed by atoms with van der Waals surface area (Å²) >= 11 is 0. The summed E-state index contributed by atoms with van der Waals surface area (Å²) in [7, 11) is -2.80. The summed E-state index contributed by atoms with van der Waals surface area (Å²) in [5.41, 5.74) is 6.56. The van der Waals surface area contributed by atoms with Crippen molar-refractivity contribution in [1.29, 1.82) is 0 Å². The molecular weight excluding hydrogens is 248 g/mol. The van der Waals surface area contributed by atoms with Crippen LogP contribution in [0.4, 0.5) is 0 Å². The second kappa shape index (κ2) is 5.10. The summed E-state index contributed by atoms with van der Waals surface area (Å²) in [6, 6.07) is 0.248. The molecule has 1 heterocycles. The number of hydrogen-bond donors (Lipinski definition) is 1. The van der Waals surface area contributed by atoms with E-state index in [-0.39, 0.29) is 11.5 Å². The molecular formula is C13H26N2O2S. The van der Waals surface area contributed by atoms with Crippen molar-refractivity contribution >= 4 is 9.84 Å². The number of nitrogens with two attached hydrogens (primary N) is 1. The fraction of sp³-hybridized carbons (Fsp3) is 1.00. The zero-order chi connectivity index (χ0) is 13.4. The van der Waals surface area contributed by atoms with Crippen molar-refractivity contribution in [1.82, 2.24) is 4.90 Å². The molecule has 0 radical (unpaired) electrons. The second-order valence-corrected chi connectivity index (χ2v) is 8.92. The predicted molar refractivity (Wildman–Crippen MR) is 74.2 cm³/mol. The molecule has 2 unspecified atom stereocenters. The molecule has 2 aliphatic rings. The van der Waals surface area contributed by atoms with Gasteiger partial charge in [-0.25, -0.2) is 8.42 Å². The number of hydrogen-bond acceptors (Lipinski definition) is 4. The van der Waals surface area contributed by atoms with Crippen LogP contribution >= 0.6 is 0 Å². The average Bonchev–Trinajstić information content (AvgIpc) is 2.45. The summed E-state index contributed by atoms with van der Waals surface area (Å²) < 4.78 is 23.1.